The van der Waals surface area contributed by atoms with E-state index >= 15 is 0 Å². The van der Waals surface area contributed by atoms with Crippen LogP contribution in [0, 0.1) is 0 Å². The summed E-state index contributed by atoms with van der Waals surface area (Å²) in [5.74, 6) is 1.42. The SMILES string of the molecule is CCOc1cc(C=NNc2nc3ccccc3s2)ccc1OC. The first-order valence-electron chi connectivity index (χ1n) is 7.25. The zero-order chi connectivity index (χ0) is 16.1. The highest BCUT2D eigenvalue weighted by Crippen LogP contribution is 2.28. The first-order chi connectivity index (χ1) is 11.3. The fourth-order valence-electron chi connectivity index (χ4n) is 2.12. The highest BCUT2D eigenvalue weighted by molar-refractivity contribution is 7.22. The lowest BCUT2D eigenvalue weighted by Gasteiger charge is -2.09. The van der Waals surface area contributed by atoms with E-state index in [1.807, 2.05) is 49.4 Å². The molecule has 0 saturated carbocycles. The molecule has 3 rings (SSSR count). The van der Waals surface area contributed by atoms with E-state index in [1.54, 1.807) is 24.7 Å². The van der Waals surface area contributed by atoms with Crippen LogP contribution in [0.3, 0.4) is 0 Å². The number of fused-ring (bicyclic) bond motifs is 1. The highest BCUT2D eigenvalue weighted by atomic mass is 32.1. The van der Waals surface area contributed by atoms with E-state index in [0.29, 0.717) is 18.1 Å². The summed E-state index contributed by atoms with van der Waals surface area (Å²) in [5.41, 5.74) is 4.86. The number of aromatic nitrogens is 1. The van der Waals surface area contributed by atoms with Gasteiger partial charge in [-0.15, -0.1) is 0 Å². The zero-order valence-electron chi connectivity index (χ0n) is 12.9. The Kier molecular flexibility index (Phi) is 4.73. The number of para-hydroxylation sites is 1. The van der Waals surface area contributed by atoms with Gasteiger partial charge in [0.1, 0.15) is 0 Å². The van der Waals surface area contributed by atoms with Gasteiger partial charge >= 0.3 is 0 Å². The summed E-state index contributed by atoms with van der Waals surface area (Å²) in [7, 11) is 1.63. The predicted molar refractivity (Wildman–Crippen MR) is 95.0 cm³/mol. The Hall–Kier alpha value is -2.60. The average Bonchev–Trinajstić information content (AvgIpc) is 2.98. The quantitative estimate of drug-likeness (QED) is 0.546. The van der Waals surface area contributed by atoms with Crippen LogP contribution in [0.4, 0.5) is 5.13 Å². The van der Waals surface area contributed by atoms with Gasteiger partial charge in [0.25, 0.3) is 0 Å². The third kappa shape index (κ3) is 3.60. The minimum absolute atomic E-state index is 0.584. The molecule has 0 unspecified atom stereocenters. The number of nitrogens with one attached hydrogen (secondary N) is 1. The van der Waals surface area contributed by atoms with Gasteiger partial charge in [-0.3, -0.25) is 5.43 Å². The third-order valence-corrected chi connectivity index (χ3v) is 4.10. The van der Waals surface area contributed by atoms with Gasteiger partial charge in [0.15, 0.2) is 11.5 Å². The van der Waals surface area contributed by atoms with Gasteiger partial charge in [-0.05, 0) is 42.8 Å². The fraction of sp³-hybridized carbons (Fsp3) is 0.176. The van der Waals surface area contributed by atoms with Crippen molar-refractivity contribution in [3.05, 3.63) is 48.0 Å². The molecule has 0 amide bonds. The average molecular weight is 327 g/mol. The molecule has 0 radical (unpaired) electrons. The number of thiazole rings is 1. The summed E-state index contributed by atoms with van der Waals surface area (Å²) < 4.78 is 12.0. The second-order valence-electron chi connectivity index (χ2n) is 4.70. The molecular formula is C17H17N3O2S. The van der Waals surface area contributed by atoms with E-state index in [1.165, 1.54) is 0 Å². The molecule has 0 spiro atoms. The number of anilines is 1. The van der Waals surface area contributed by atoms with Gasteiger partial charge in [-0.25, -0.2) is 4.98 Å². The topological polar surface area (TPSA) is 55.7 Å². The number of hydrogen-bond donors (Lipinski definition) is 1. The van der Waals surface area contributed by atoms with Gasteiger partial charge in [0.2, 0.25) is 5.13 Å². The number of ether oxygens (including phenoxy) is 2. The van der Waals surface area contributed by atoms with Crippen LogP contribution >= 0.6 is 11.3 Å². The van der Waals surface area contributed by atoms with Gasteiger partial charge in [-0.2, -0.15) is 5.10 Å². The lowest BCUT2D eigenvalue weighted by atomic mass is 10.2. The van der Waals surface area contributed by atoms with E-state index < -0.39 is 0 Å². The Morgan fingerprint density at radius 2 is 2.09 bits per heavy atom. The van der Waals surface area contributed by atoms with Crippen LogP contribution in [-0.4, -0.2) is 24.9 Å². The van der Waals surface area contributed by atoms with Crippen LogP contribution in [-0.2, 0) is 0 Å². The largest absolute Gasteiger partial charge is 0.493 e. The molecule has 0 aliphatic heterocycles. The van der Waals surface area contributed by atoms with Gasteiger partial charge in [0, 0.05) is 0 Å². The fourth-order valence-corrected chi connectivity index (χ4v) is 2.94. The lowest BCUT2D eigenvalue weighted by Crippen LogP contribution is -1.97. The normalized spacial score (nSPS) is 11.0. The van der Waals surface area contributed by atoms with Crippen LogP contribution in [0.5, 0.6) is 11.5 Å². The van der Waals surface area contributed by atoms with Gasteiger partial charge in [0.05, 0.1) is 30.1 Å². The molecule has 1 heterocycles. The summed E-state index contributed by atoms with van der Waals surface area (Å²) in [4.78, 5) is 4.47. The molecule has 0 fully saturated rings. The van der Waals surface area contributed by atoms with Crippen molar-refractivity contribution in [1.82, 2.24) is 4.98 Å². The Bertz CT molecular complexity index is 797. The van der Waals surface area contributed by atoms with Crippen molar-refractivity contribution in [2.24, 2.45) is 5.10 Å². The maximum absolute atomic E-state index is 5.56. The van der Waals surface area contributed by atoms with E-state index in [9.17, 15) is 0 Å². The Morgan fingerprint density at radius 3 is 2.87 bits per heavy atom. The molecule has 0 bridgehead atoms. The molecule has 1 aromatic heterocycles. The molecular weight excluding hydrogens is 310 g/mol. The second-order valence-corrected chi connectivity index (χ2v) is 5.73. The van der Waals surface area contributed by atoms with Crippen molar-refractivity contribution >= 4 is 32.9 Å². The number of hydrazone groups is 1. The zero-order valence-corrected chi connectivity index (χ0v) is 13.8. The minimum Gasteiger partial charge on any atom is -0.493 e. The van der Waals surface area contributed by atoms with Crippen LogP contribution < -0.4 is 14.9 Å². The first-order valence-corrected chi connectivity index (χ1v) is 8.07. The first kappa shape index (κ1) is 15.3. The van der Waals surface area contributed by atoms with E-state index in [0.717, 1.165) is 20.9 Å². The van der Waals surface area contributed by atoms with Gasteiger partial charge in [-0.1, -0.05) is 23.5 Å². The van der Waals surface area contributed by atoms with Crippen molar-refractivity contribution in [3.63, 3.8) is 0 Å². The maximum Gasteiger partial charge on any atom is 0.204 e. The molecule has 6 heteroatoms. The highest BCUT2D eigenvalue weighted by Gasteiger charge is 2.04. The van der Waals surface area contributed by atoms with Crippen molar-refractivity contribution in [3.8, 4) is 11.5 Å². The smallest absolute Gasteiger partial charge is 0.204 e. The standard InChI is InChI=1S/C17H17N3O2S/c1-3-22-15-10-12(8-9-14(15)21-2)11-18-20-17-19-13-6-4-5-7-16(13)23-17/h4-11H,3H2,1-2H3,(H,19,20). The maximum atomic E-state index is 5.56. The Morgan fingerprint density at radius 1 is 1.22 bits per heavy atom. The number of methoxy groups -OCH3 is 1. The molecule has 2 aromatic carbocycles. The molecule has 0 atom stereocenters. The molecule has 0 aliphatic carbocycles. The monoisotopic (exact) mass is 327 g/mol. The van der Waals surface area contributed by atoms with E-state index in [2.05, 4.69) is 15.5 Å². The Labute approximate surface area is 138 Å². The minimum atomic E-state index is 0.584. The van der Waals surface area contributed by atoms with E-state index in [-0.39, 0.29) is 0 Å². The molecule has 3 aromatic rings. The number of hydrogen-bond acceptors (Lipinski definition) is 6. The summed E-state index contributed by atoms with van der Waals surface area (Å²) >= 11 is 1.57. The Balaban J connectivity index is 1.73. The summed E-state index contributed by atoms with van der Waals surface area (Å²) in [6.07, 6.45) is 1.73. The summed E-state index contributed by atoms with van der Waals surface area (Å²) in [6.45, 7) is 2.52. The van der Waals surface area contributed by atoms with Crippen LogP contribution in [0.2, 0.25) is 0 Å². The summed E-state index contributed by atoms with van der Waals surface area (Å²) in [6, 6.07) is 13.7. The van der Waals surface area contributed by atoms with Crippen LogP contribution in [0.15, 0.2) is 47.6 Å². The summed E-state index contributed by atoms with van der Waals surface area (Å²) in [5, 5.41) is 5.01. The van der Waals surface area contributed by atoms with Crippen LogP contribution in [0.25, 0.3) is 10.2 Å². The number of rotatable bonds is 6. The third-order valence-electron chi connectivity index (χ3n) is 3.16. The van der Waals surface area contributed by atoms with Crippen molar-refractivity contribution in [2.75, 3.05) is 19.1 Å². The second kappa shape index (κ2) is 7.11. The van der Waals surface area contributed by atoms with E-state index in [4.69, 9.17) is 9.47 Å². The molecule has 118 valence electrons. The van der Waals surface area contributed by atoms with Crippen molar-refractivity contribution in [2.45, 2.75) is 6.92 Å². The number of nitrogens with zero attached hydrogens (tertiary/aromatic N) is 2. The molecule has 5 nitrogen and oxygen atoms in total. The lowest BCUT2D eigenvalue weighted by molar-refractivity contribution is 0.311. The van der Waals surface area contributed by atoms with Crippen LogP contribution in [0.1, 0.15) is 12.5 Å². The predicted octanol–water partition coefficient (Wildman–Crippen LogP) is 4.15. The number of benzene rings is 2. The van der Waals surface area contributed by atoms with Crippen molar-refractivity contribution < 1.29 is 9.47 Å². The molecule has 1 N–H and O–H groups in total. The molecule has 0 aliphatic rings. The van der Waals surface area contributed by atoms with Gasteiger partial charge < -0.3 is 9.47 Å². The molecule has 23 heavy (non-hydrogen) atoms. The van der Waals surface area contributed by atoms with Crippen molar-refractivity contribution in [1.29, 1.82) is 0 Å². The molecule has 0 saturated heterocycles.